The quantitative estimate of drug-likeness (QED) is 0.587. The molecule has 180 valence electrons. The van der Waals surface area contributed by atoms with Gasteiger partial charge in [0, 0.05) is 43.9 Å². The van der Waals surface area contributed by atoms with Crippen LogP contribution in [0.2, 0.25) is 0 Å². The summed E-state index contributed by atoms with van der Waals surface area (Å²) in [5.74, 6) is -0.168. The molecule has 0 aromatic heterocycles. The Morgan fingerprint density at radius 1 is 0.943 bits per heavy atom. The molecule has 2 aliphatic rings. The van der Waals surface area contributed by atoms with Crippen LogP contribution in [0.3, 0.4) is 0 Å². The van der Waals surface area contributed by atoms with Crippen molar-refractivity contribution in [3.05, 3.63) is 83.4 Å². The fourth-order valence-electron chi connectivity index (χ4n) is 5.06. The Kier molecular flexibility index (Phi) is 6.53. The highest BCUT2D eigenvalue weighted by Crippen LogP contribution is 2.32. The van der Waals surface area contributed by atoms with Crippen LogP contribution in [0.25, 0.3) is 10.8 Å². The molecule has 3 amide bonds. The van der Waals surface area contributed by atoms with E-state index < -0.39 is 0 Å². The normalized spacial score (nSPS) is 17.7. The third-order valence-corrected chi connectivity index (χ3v) is 7.14. The monoisotopic (exact) mass is 469 g/mol. The van der Waals surface area contributed by atoms with E-state index in [1.54, 1.807) is 19.2 Å². The summed E-state index contributed by atoms with van der Waals surface area (Å²) in [6.45, 7) is 1.67. The molecular weight excluding hydrogens is 438 g/mol. The van der Waals surface area contributed by atoms with Crippen molar-refractivity contribution in [1.82, 2.24) is 15.1 Å². The molecule has 6 nitrogen and oxygen atoms in total. The predicted molar refractivity (Wildman–Crippen MR) is 136 cm³/mol. The van der Waals surface area contributed by atoms with E-state index in [0.29, 0.717) is 30.8 Å². The molecular formula is C29H31N3O3. The molecule has 0 spiro atoms. The minimum atomic E-state index is -0.187. The lowest BCUT2D eigenvalue weighted by atomic mass is 9.94. The average molecular weight is 470 g/mol. The Labute approximate surface area is 205 Å². The van der Waals surface area contributed by atoms with E-state index in [4.69, 9.17) is 0 Å². The zero-order valence-corrected chi connectivity index (χ0v) is 20.1. The number of amides is 3. The summed E-state index contributed by atoms with van der Waals surface area (Å²) in [7, 11) is 1.61. The molecule has 1 aliphatic heterocycles. The molecule has 1 unspecified atom stereocenters. The maximum Gasteiger partial charge on any atom is 0.254 e. The van der Waals surface area contributed by atoms with Crippen LogP contribution in [-0.4, -0.2) is 53.7 Å². The number of carbonyl (C=O) groups is 3. The molecule has 1 N–H and O–H groups in total. The molecule has 1 aliphatic carbocycles. The highest BCUT2D eigenvalue weighted by atomic mass is 16.2. The van der Waals surface area contributed by atoms with Crippen molar-refractivity contribution in [2.24, 2.45) is 5.92 Å². The van der Waals surface area contributed by atoms with Crippen LogP contribution >= 0.6 is 0 Å². The minimum Gasteiger partial charge on any atom is -0.355 e. The minimum absolute atomic E-state index is 0.00191. The average Bonchev–Trinajstić information content (AvgIpc) is 3.76. The molecule has 0 radical (unpaired) electrons. The highest BCUT2D eigenvalue weighted by Gasteiger charge is 2.38. The van der Waals surface area contributed by atoms with Crippen molar-refractivity contribution in [3.63, 3.8) is 0 Å². The number of piperidine rings is 1. The fourth-order valence-corrected chi connectivity index (χ4v) is 5.06. The van der Waals surface area contributed by atoms with Gasteiger partial charge in [-0.3, -0.25) is 14.4 Å². The maximum atomic E-state index is 13.6. The first-order chi connectivity index (χ1) is 17.0. The second-order valence-electron chi connectivity index (χ2n) is 9.59. The van der Waals surface area contributed by atoms with Gasteiger partial charge in [-0.2, -0.15) is 0 Å². The van der Waals surface area contributed by atoms with Gasteiger partial charge in [0.1, 0.15) is 0 Å². The van der Waals surface area contributed by atoms with E-state index in [2.05, 4.69) is 5.32 Å². The van der Waals surface area contributed by atoms with E-state index in [9.17, 15) is 14.4 Å². The SMILES string of the molecule is CNC(=O)c1ccc(CN(C(=O)C2CCCN(C(=O)c3cccc4ccccc34)C2)C2CC2)cc1. The lowest BCUT2D eigenvalue weighted by Gasteiger charge is -2.35. The summed E-state index contributed by atoms with van der Waals surface area (Å²) in [6, 6.07) is 21.5. The molecule has 6 heteroatoms. The smallest absolute Gasteiger partial charge is 0.254 e. The van der Waals surface area contributed by atoms with Crippen LogP contribution in [0.1, 0.15) is 52.0 Å². The standard InChI is InChI=1S/C29H31N3O3/c1-30-27(33)22-13-11-20(12-14-22)18-32(24-15-16-24)28(34)23-8-5-17-31(19-23)29(35)26-10-4-7-21-6-2-3-9-25(21)26/h2-4,6-7,9-14,23-24H,5,8,15-19H2,1H3,(H,30,33). The van der Waals surface area contributed by atoms with Crippen LogP contribution in [0.4, 0.5) is 0 Å². The Hall–Kier alpha value is -3.67. The third kappa shape index (κ3) is 4.92. The second-order valence-corrected chi connectivity index (χ2v) is 9.59. The lowest BCUT2D eigenvalue weighted by molar-refractivity contribution is -0.138. The fraction of sp³-hybridized carbons (Fsp3) is 0.345. The Morgan fingerprint density at radius 2 is 1.69 bits per heavy atom. The van der Waals surface area contributed by atoms with Crippen molar-refractivity contribution in [1.29, 1.82) is 0 Å². The van der Waals surface area contributed by atoms with Gasteiger partial charge in [-0.1, -0.05) is 48.5 Å². The van der Waals surface area contributed by atoms with Gasteiger partial charge >= 0.3 is 0 Å². The van der Waals surface area contributed by atoms with Gasteiger partial charge in [-0.05, 0) is 60.2 Å². The number of hydrogen-bond acceptors (Lipinski definition) is 3. The zero-order valence-electron chi connectivity index (χ0n) is 20.1. The van der Waals surface area contributed by atoms with Gasteiger partial charge < -0.3 is 15.1 Å². The number of hydrogen-bond donors (Lipinski definition) is 1. The molecule has 1 atom stereocenters. The molecule has 3 aromatic carbocycles. The molecule has 3 aromatic rings. The van der Waals surface area contributed by atoms with Crippen LogP contribution < -0.4 is 5.32 Å². The number of likely N-dealkylation sites (tertiary alicyclic amines) is 1. The summed E-state index contributed by atoms with van der Waals surface area (Å²) in [5.41, 5.74) is 2.32. The van der Waals surface area contributed by atoms with Gasteiger partial charge in [0.2, 0.25) is 5.91 Å². The summed E-state index contributed by atoms with van der Waals surface area (Å²) in [6.07, 6.45) is 3.67. The lowest BCUT2D eigenvalue weighted by Crippen LogP contribution is -2.47. The molecule has 1 heterocycles. The Balaban J connectivity index is 1.30. The Bertz CT molecular complexity index is 1240. The number of nitrogens with zero attached hydrogens (tertiary/aromatic N) is 2. The van der Waals surface area contributed by atoms with Crippen molar-refractivity contribution < 1.29 is 14.4 Å². The number of carbonyl (C=O) groups excluding carboxylic acids is 3. The van der Waals surface area contributed by atoms with Crippen LogP contribution in [-0.2, 0) is 11.3 Å². The molecule has 35 heavy (non-hydrogen) atoms. The van der Waals surface area contributed by atoms with Gasteiger partial charge in [-0.15, -0.1) is 0 Å². The van der Waals surface area contributed by atoms with E-state index in [1.807, 2.05) is 64.4 Å². The summed E-state index contributed by atoms with van der Waals surface area (Å²) >= 11 is 0. The van der Waals surface area contributed by atoms with Crippen LogP contribution in [0.15, 0.2) is 66.7 Å². The summed E-state index contributed by atoms with van der Waals surface area (Å²) in [4.78, 5) is 42.8. The Morgan fingerprint density at radius 3 is 2.43 bits per heavy atom. The predicted octanol–water partition coefficient (Wildman–Crippen LogP) is 4.24. The summed E-state index contributed by atoms with van der Waals surface area (Å²) in [5, 5.41) is 4.63. The summed E-state index contributed by atoms with van der Waals surface area (Å²) < 4.78 is 0. The van der Waals surface area contributed by atoms with E-state index >= 15 is 0 Å². The molecule has 0 bridgehead atoms. The molecule has 1 saturated heterocycles. The molecule has 5 rings (SSSR count). The first-order valence-corrected chi connectivity index (χ1v) is 12.4. The van der Waals surface area contributed by atoms with Crippen molar-refractivity contribution in [3.8, 4) is 0 Å². The van der Waals surface area contributed by atoms with Gasteiger partial charge in [0.05, 0.1) is 5.92 Å². The number of nitrogens with one attached hydrogen (secondary N) is 1. The van der Waals surface area contributed by atoms with Gasteiger partial charge in [0.15, 0.2) is 0 Å². The number of fused-ring (bicyclic) bond motifs is 1. The van der Waals surface area contributed by atoms with Crippen molar-refractivity contribution in [2.45, 2.75) is 38.3 Å². The van der Waals surface area contributed by atoms with E-state index in [1.165, 1.54) is 0 Å². The van der Waals surface area contributed by atoms with E-state index in [0.717, 1.165) is 42.0 Å². The topological polar surface area (TPSA) is 69.7 Å². The first kappa shape index (κ1) is 23.1. The van der Waals surface area contributed by atoms with Crippen molar-refractivity contribution >= 4 is 28.5 Å². The van der Waals surface area contributed by atoms with Crippen LogP contribution in [0, 0.1) is 5.92 Å². The third-order valence-electron chi connectivity index (χ3n) is 7.14. The largest absolute Gasteiger partial charge is 0.355 e. The molecule has 1 saturated carbocycles. The second kappa shape index (κ2) is 9.90. The maximum absolute atomic E-state index is 13.6. The highest BCUT2D eigenvalue weighted by molar-refractivity contribution is 6.07. The number of rotatable bonds is 6. The first-order valence-electron chi connectivity index (χ1n) is 12.4. The number of benzene rings is 3. The van der Waals surface area contributed by atoms with E-state index in [-0.39, 0.29) is 29.7 Å². The van der Waals surface area contributed by atoms with Gasteiger partial charge in [0.25, 0.3) is 11.8 Å². The molecule has 2 fully saturated rings. The van der Waals surface area contributed by atoms with Crippen molar-refractivity contribution in [2.75, 3.05) is 20.1 Å². The van der Waals surface area contributed by atoms with Crippen LogP contribution in [0.5, 0.6) is 0 Å². The van der Waals surface area contributed by atoms with Gasteiger partial charge in [-0.25, -0.2) is 0 Å². The zero-order chi connectivity index (χ0) is 24.4.